The van der Waals surface area contributed by atoms with Crippen molar-refractivity contribution in [2.24, 2.45) is 10.8 Å². The highest BCUT2D eigenvalue weighted by Gasteiger charge is 2.50. The number of carbonyl (C=O) groups excluding carboxylic acids is 2. The van der Waals surface area contributed by atoms with Crippen molar-refractivity contribution in [1.82, 2.24) is 10.2 Å². The average Bonchev–Trinajstić information content (AvgIpc) is 2.81. The molecular formula is C20H29N3O3. The van der Waals surface area contributed by atoms with Crippen LogP contribution in [0.1, 0.15) is 40.0 Å². The Balaban J connectivity index is 1.53. The van der Waals surface area contributed by atoms with Crippen LogP contribution in [0.15, 0.2) is 24.3 Å². The van der Waals surface area contributed by atoms with Crippen LogP contribution >= 0.6 is 0 Å². The molecule has 1 aromatic rings. The maximum atomic E-state index is 12.7. The summed E-state index contributed by atoms with van der Waals surface area (Å²) in [5.41, 5.74) is 1.09. The second kappa shape index (κ2) is 6.82. The number of urea groups is 1. The molecule has 1 aliphatic heterocycles. The van der Waals surface area contributed by atoms with Crippen molar-refractivity contribution in [3.8, 4) is 5.75 Å². The Kier molecular flexibility index (Phi) is 4.86. The van der Waals surface area contributed by atoms with Gasteiger partial charge in [0.05, 0.1) is 13.7 Å². The number of likely N-dealkylation sites (tertiary alicyclic amines) is 1. The fraction of sp³-hybridized carbons (Fsp3) is 0.600. The summed E-state index contributed by atoms with van der Waals surface area (Å²) >= 11 is 0. The minimum atomic E-state index is -0.389. The highest BCUT2D eigenvalue weighted by molar-refractivity contribution is 5.92. The first kappa shape index (κ1) is 18.5. The molecular weight excluding hydrogens is 330 g/mol. The van der Waals surface area contributed by atoms with Crippen LogP contribution in [0.25, 0.3) is 0 Å². The van der Waals surface area contributed by atoms with Gasteiger partial charge >= 0.3 is 6.03 Å². The van der Waals surface area contributed by atoms with Gasteiger partial charge in [-0.3, -0.25) is 4.79 Å². The van der Waals surface area contributed by atoms with Crippen molar-refractivity contribution >= 4 is 17.6 Å². The first-order valence-corrected chi connectivity index (χ1v) is 9.18. The molecule has 1 heterocycles. The van der Waals surface area contributed by atoms with Crippen LogP contribution in [0.2, 0.25) is 0 Å². The molecule has 2 atom stereocenters. The zero-order valence-electron chi connectivity index (χ0n) is 16.1. The topological polar surface area (TPSA) is 70.7 Å². The summed E-state index contributed by atoms with van der Waals surface area (Å²) in [7, 11) is 1.58. The zero-order chi connectivity index (χ0) is 18.9. The van der Waals surface area contributed by atoms with E-state index >= 15 is 0 Å². The van der Waals surface area contributed by atoms with E-state index in [0.29, 0.717) is 17.5 Å². The second-order valence-corrected chi connectivity index (χ2v) is 8.77. The summed E-state index contributed by atoms with van der Waals surface area (Å²) < 4.78 is 5.14. The van der Waals surface area contributed by atoms with Crippen molar-refractivity contribution in [2.45, 2.75) is 46.1 Å². The molecule has 1 aliphatic carbocycles. The van der Waals surface area contributed by atoms with Crippen molar-refractivity contribution in [3.05, 3.63) is 24.3 Å². The average molecular weight is 359 g/mol. The standard InChI is InChI=1S/C20H29N3O3/c1-19(2)9-15-10-20(3,12-19)13-23(15)17(24)11-21-18(25)22-14-6-5-7-16(8-14)26-4/h5-8,15H,9-13H2,1-4H3,(H2,21,22,25). The van der Waals surface area contributed by atoms with Gasteiger partial charge in [0.15, 0.2) is 0 Å². The Bertz CT molecular complexity index is 703. The number of benzene rings is 1. The number of anilines is 1. The fourth-order valence-corrected chi connectivity index (χ4v) is 4.89. The molecule has 142 valence electrons. The largest absolute Gasteiger partial charge is 0.497 e. The number of rotatable bonds is 4. The van der Waals surface area contributed by atoms with Gasteiger partial charge in [0.25, 0.3) is 0 Å². The first-order chi connectivity index (χ1) is 12.2. The van der Waals surface area contributed by atoms with Crippen LogP contribution in [0.4, 0.5) is 10.5 Å². The van der Waals surface area contributed by atoms with E-state index in [1.54, 1.807) is 31.4 Å². The molecule has 0 radical (unpaired) electrons. The summed E-state index contributed by atoms with van der Waals surface area (Å²) in [4.78, 5) is 26.7. The molecule has 6 nitrogen and oxygen atoms in total. The third-order valence-electron chi connectivity index (χ3n) is 5.46. The second-order valence-electron chi connectivity index (χ2n) is 8.77. The minimum Gasteiger partial charge on any atom is -0.497 e. The van der Waals surface area contributed by atoms with Gasteiger partial charge in [0.1, 0.15) is 5.75 Å². The van der Waals surface area contributed by atoms with E-state index in [1.807, 2.05) is 4.90 Å². The van der Waals surface area contributed by atoms with Crippen LogP contribution in [-0.4, -0.2) is 43.1 Å². The molecule has 2 unspecified atom stereocenters. The fourth-order valence-electron chi connectivity index (χ4n) is 4.89. The molecule has 1 aromatic carbocycles. The predicted molar refractivity (Wildman–Crippen MR) is 101 cm³/mol. The molecule has 0 aromatic heterocycles. The number of nitrogens with one attached hydrogen (secondary N) is 2. The van der Waals surface area contributed by atoms with Gasteiger partial charge in [-0.15, -0.1) is 0 Å². The highest BCUT2D eigenvalue weighted by atomic mass is 16.5. The van der Waals surface area contributed by atoms with Gasteiger partial charge in [-0.1, -0.05) is 26.8 Å². The number of hydrogen-bond donors (Lipinski definition) is 2. The van der Waals surface area contributed by atoms with Gasteiger partial charge < -0.3 is 20.3 Å². The van der Waals surface area contributed by atoms with E-state index in [2.05, 4.69) is 31.4 Å². The third kappa shape index (κ3) is 4.11. The quantitative estimate of drug-likeness (QED) is 0.867. The van der Waals surface area contributed by atoms with Crippen LogP contribution in [-0.2, 0) is 4.79 Å². The summed E-state index contributed by atoms with van der Waals surface area (Å²) in [5, 5.41) is 5.41. The lowest BCUT2D eigenvalue weighted by molar-refractivity contribution is -0.131. The minimum absolute atomic E-state index is 0.00258. The molecule has 2 aliphatic rings. The number of methoxy groups -OCH3 is 1. The first-order valence-electron chi connectivity index (χ1n) is 9.18. The Morgan fingerprint density at radius 2 is 2.04 bits per heavy atom. The highest BCUT2D eigenvalue weighted by Crippen LogP contribution is 2.52. The normalized spacial score (nSPS) is 26.3. The number of amides is 3. The maximum Gasteiger partial charge on any atom is 0.319 e. The summed E-state index contributed by atoms with van der Waals surface area (Å²) in [6, 6.07) is 7.01. The molecule has 0 spiro atoms. The van der Waals surface area contributed by atoms with E-state index in [4.69, 9.17) is 4.74 Å². The van der Waals surface area contributed by atoms with E-state index in [9.17, 15) is 9.59 Å². The lowest BCUT2D eigenvalue weighted by Crippen LogP contribution is -2.44. The molecule has 6 heteroatoms. The van der Waals surface area contributed by atoms with Crippen LogP contribution in [0.5, 0.6) is 5.75 Å². The van der Waals surface area contributed by atoms with E-state index in [1.165, 1.54) is 0 Å². The Morgan fingerprint density at radius 3 is 2.77 bits per heavy atom. The lowest BCUT2D eigenvalue weighted by atomic mass is 9.65. The molecule has 1 saturated heterocycles. The van der Waals surface area contributed by atoms with Crippen molar-refractivity contribution in [3.63, 3.8) is 0 Å². The zero-order valence-corrected chi connectivity index (χ0v) is 16.1. The van der Waals surface area contributed by atoms with Crippen LogP contribution < -0.4 is 15.4 Å². The Morgan fingerprint density at radius 1 is 1.27 bits per heavy atom. The number of fused-ring (bicyclic) bond motifs is 2. The molecule has 2 bridgehead atoms. The van der Waals surface area contributed by atoms with Crippen LogP contribution in [0, 0.1) is 10.8 Å². The van der Waals surface area contributed by atoms with Gasteiger partial charge in [0, 0.05) is 24.3 Å². The molecule has 3 rings (SSSR count). The summed E-state index contributed by atoms with van der Waals surface area (Å²) in [6.07, 6.45) is 3.24. The van der Waals surface area contributed by atoms with Gasteiger partial charge in [-0.2, -0.15) is 0 Å². The lowest BCUT2D eigenvalue weighted by Gasteiger charge is -2.39. The summed E-state index contributed by atoms with van der Waals surface area (Å²) in [6.45, 7) is 7.65. The number of hydrogen-bond acceptors (Lipinski definition) is 3. The molecule has 2 N–H and O–H groups in total. The molecule has 1 saturated carbocycles. The molecule has 26 heavy (non-hydrogen) atoms. The monoisotopic (exact) mass is 359 g/mol. The van der Waals surface area contributed by atoms with Gasteiger partial charge in [0.2, 0.25) is 5.91 Å². The Hall–Kier alpha value is -2.24. The third-order valence-corrected chi connectivity index (χ3v) is 5.46. The summed E-state index contributed by atoms with van der Waals surface area (Å²) in [5.74, 6) is 0.663. The van der Waals surface area contributed by atoms with Crippen LogP contribution in [0.3, 0.4) is 0 Å². The van der Waals surface area contributed by atoms with E-state index in [0.717, 1.165) is 25.8 Å². The van der Waals surface area contributed by atoms with Gasteiger partial charge in [-0.25, -0.2) is 4.79 Å². The molecule has 3 amide bonds. The number of carbonyl (C=O) groups is 2. The van der Waals surface area contributed by atoms with E-state index < -0.39 is 0 Å². The van der Waals surface area contributed by atoms with Crippen molar-refractivity contribution in [1.29, 1.82) is 0 Å². The molecule has 2 fully saturated rings. The van der Waals surface area contributed by atoms with Gasteiger partial charge in [-0.05, 0) is 42.2 Å². The smallest absolute Gasteiger partial charge is 0.319 e. The van der Waals surface area contributed by atoms with E-state index in [-0.39, 0.29) is 29.3 Å². The maximum absolute atomic E-state index is 12.7. The predicted octanol–water partition coefficient (Wildman–Crippen LogP) is 3.24. The Labute approximate surface area is 155 Å². The van der Waals surface area contributed by atoms with Crippen molar-refractivity contribution < 1.29 is 14.3 Å². The SMILES string of the molecule is COc1cccc(NC(=O)NCC(=O)N2CC3(C)CC2CC(C)(C)C3)c1. The number of ether oxygens (including phenoxy) is 1. The number of nitrogens with zero attached hydrogens (tertiary/aromatic N) is 1. The van der Waals surface area contributed by atoms with Crippen molar-refractivity contribution in [2.75, 3.05) is 25.5 Å².